The molecule has 1 fully saturated rings. The van der Waals surface area contributed by atoms with Gasteiger partial charge in [0.15, 0.2) is 0 Å². The summed E-state index contributed by atoms with van der Waals surface area (Å²) in [6.07, 6.45) is 4.25. The number of para-hydroxylation sites is 1. The number of hydrogen-bond donors (Lipinski definition) is 2. The minimum Gasteiger partial charge on any atom is -0.348 e. The molecule has 29 heavy (non-hydrogen) atoms. The van der Waals surface area contributed by atoms with Crippen LogP contribution < -0.4 is 10.0 Å². The van der Waals surface area contributed by atoms with Gasteiger partial charge in [-0.25, -0.2) is 8.42 Å². The Balaban J connectivity index is 1.68. The van der Waals surface area contributed by atoms with Crippen LogP contribution in [-0.4, -0.2) is 44.5 Å². The van der Waals surface area contributed by atoms with Crippen molar-refractivity contribution in [3.63, 3.8) is 0 Å². The van der Waals surface area contributed by atoms with E-state index in [1.54, 1.807) is 36.4 Å². The van der Waals surface area contributed by atoms with Gasteiger partial charge in [-0.15, -0.1) is 0 Å². The van der Waals surface area contributed by atoms with Gasteiger partial charge in [-0.2, -0.15) is 0 Å². The van der Waals surface area contributed by atoms with Crippen LogP contribution >= 0.6 is 0 Å². The van der Waals surface area contributed by atoms with Crippen LogP contribution in [0.15, 0.2) is 48.5 Å². The zero-order valence-corrected chi connectivity index (χ0v) is 17.2. The lowest BCUT2D eigenvalue weighted by atomic mass is 10.1. The van der Waals surface area contributed by atoms with Crippen molar-refractivity contribution < 1.29 is 18.0 Å². The maximum Gasteiger partial charge on any atom is 0.253 e. The highest BCUT2D eigenvalue weighted by Gasteiger charge is 2.18. The molecule has 2 aromatic rings. The monoisotopic (exact) mass is 415 g/mol. The molecule has 1 heterocycles. The number of anilines is 1. The van der Waals surface area contributed by atoms with Crippen LogP contribution in [0.1, 0.15) is 45.5 Å². The molecule has 0 aromatic heterocycles. The fourth-order valence-electron chi connectivity index (χ4n) is 3.34. The molecule has 1 saturated heterocycles. The Morgan fingerprint density at radius 3 is 2.45 bits per heavy atom. The number of carbonyl (C=O) groups excluding carboxylic acids is 2. The standard InChI is InChI=1S/C21H25N3O4S/c1-29(27,28)23-19-11-4-3-10-18(19)20(25)22-15-16-8-7-9-17(14-16)21(26)24-12-5-2-6-13-24/h3-4,7-11,14,23H,2,5-6,12-13,15H2,1H3,(H,22,25). The van der Waals surface area contributed by atoms with Gasteiger partial charge >= 0.3 is 0 Å². The summed E-state index contributed by atoms with van der Waals surface area (Å²) < 4.78 is 25.4. The van der Waals surface area contributed by atoms with Gasteiger partial charge in [-0.1, -0.05) is 24.3 Å². The summed E-state index contributed by atoms with van der Waals surface area (Å²) in [7, 11) is -3.50. The van der Waals surface area contributed by atoms with E-state index in [-0.39, 0.29) is 23.7 Å². The fourth-order valence-corrected chi connectivity index (χ4v) is 3.92. The van der Waals surface area contributed by atoms with E-state index in [1.165, 1.54) is 6.07 Å². The molecule has 0 unspecified atom stereocenters. The van der Waals surface area contributed by atoms with Gasteiger partial charge < -0.3 is 10.2 Å². The molecular weight excluding hydrogens is 390 g/mol. The molecule has 0 aliphatic carbocycles. The van der Waals surface area contributed by atoms with Crippen LogP contribution in [0.3, 0.4) is 0 Å². The van der Waals surface area contributed by atoms with Crippen molar-refractivity contribution in [2.45, 2.75) is 25.8 Å². The maximum atomic E-state index is 12.7. The minimum absolute atomic E-state index is 0.0144. The number of carbonyl (C=O) groups is 2. The van der Waals surface area contributed by atoms with Crippen LogP contribution in [0.25, 0.3) is 0 Å². The van der Waals surface area contributed by atoms with Crippen LogP contribution in [0.2, 0.25) is 0 Å². The highest BCUT2D eigenvalue weighted by molar-refractivity contribution is 7.92. The highest BCUT2D eigenvalue weighted by atomic mass is 32.2. The first-order chi connectivity index (χ1) is 13.8. The Bertz CT molecular complexity index is 998. The smallest absolute Gasteiger partial charge is 0.253 e. The Labute approximate surface area is 171 Å². The highest BCUT2D eigenvalue weighted by Crippen LogP contribution is 2.17. The molecule has 0 bridgehead atoms. The molecule has 2 amide bonds. The SMILES string of the molecule is CS(=O)(=O)Nc1ccccc1C(=O)NCc1cccc(C(=O)N2CCCCC2)c1. The van der Waals surface area contributed by atoms with Gasteiger partial charge in [-0.05, 0) is 49.1 Å². The Morgan fingerprint density at radius 1 is 1.00 bits per heavy atom. The summed E-state index contributed by atoms with van der Waals surface area (Å²) in [5.74, 6) is -0.384. The summed E-state index contributed by atoms with van der Waals surface area (Å²) in [6.45, 7) is 1.79. The summed E-state index contributed by atoms with van der Waals surface area (Å²) in [6, 6.07) is 13.6. The summed E-state index contributed by atoms with van der Waals surface area (Å²) in [5, 5.41) is 2.79. The third kappa shape index (κ3) is 5.80. The third-order valence-corrected chi connectivity index (χ3v) is 5.33. The Hall–Kier alpha value is -2.87. The second-order valence-electron chi connectivity index (χ2n) is 7.16. The van der Waals surface area contributed by atoms with Crippen molar-refractivity contribution in [1.29, 1.82) is 0 Å². The molecule has 3 rings (SSSR count). The van der Waals surface area contributed by atoms with Crippen LogP contribution in [0.4, 0.5) is 5.69 Å². The van der Waals surface area contributed by atoms with Crippen molar-refractivity contribution in [1.82, 2.24) is 10.2 Å². The topological polar surface area (TPSA) is 95.6 Å². The molecule has 0 radical (unpaired) electrons. The molecule has 2 N–H and O–H groups in total. The van der Waals surface area contributed by atoms with Gasteiger partial charge in [0.05, 0.1) is 17.5 Å². The molecule has 154 valence electrons. The zero-order valence-electron chi connectivity index (χ0n) is 16.3. The Kier molecular flexibility index (Phi) is 6.53. The van der Waals surface area contributed by atoms with Crippen molar-refractivity contribution in [2.24, 2.45) is 0 Å². The van der Waals surface area contributed by atoms with E-state index in [9.17, 15) is 18.0 Å². The number of benzene rings is 2. The first-order valence-electron chi connectivity index (χ1n) is 9.57. The predicted octanol–water partition coefficient (Wildman–Crippen LogP) is 2.61. The van der Waals surface area contributed by atoms with Gasteiger partial charge in [-0.3, -0.25) is 14.3 Å². The van der Waals surface area contributed by atoms with E-state index in [0.717, 1.165) is 44.2 Å². The molecule has 1 aliphatic rings. The molecule has 7 nitrogen and oxygen atoms in total. The van der Waals surface area contributed by atoms with E-state index < -0.39 is 15.9 Å². The van der Waals surface area contributed by atoms with E-state index in [2.05, 4.69) is 10.0 Å². The summed E-state index contributed by atoms with van der Waals surface area (Å²) >= 11 is 0. The van der Waals surface area contributed by atoms with Crippen molar-refractivity contribution in [3.05, 3.63) is 65.2 Å². The van der Waals surface area contributed by atoms with Crippen LogP contribution in [-0.2, 0) is 16.6 Å². The van der Waals surface area contributed by atoms with Gasteiger partial charge in [0.2, 0.25) is 10.0 Å². The lowest BCUT2D eigenvalue weighted by Gasteiger charge is -2.26. The van der Waals surface area contributed by atoms with Gasteiger partial charge in [0.1, 0.15) is 0 Å². The number of amides is 2. The normalized spacial score (nSPS) is 14.3. The number of nitrogens with zero attached hydrogens (tertiary/aromatic N) is 1. The average Bonchev–Trinajstić information content (AvgIpc) is 2.71. The van der Waals surface area contributed by atoms with Crippen molar-refractivity contribution >= 4 is 27.5 Å². The van der Waals surface area contributed by atoms with E-state index in [1.807, 2.05) is 11.0 Å². The number of likely N-dealkylation sites (tertiary alicyclic amines) is 1. The molecule has 1 aliphatic heterocycles. The number of piperidine rings is 1. The van der Waals surface area contributed by atoms with E-state index >= 15 is 0 Å². The quantitative estimate of drug-likeness (QED) is 0.758. The lowest BCUT2D eigenvalue weighted by Crippen LogP contribution is -2.35. The van der Waals surface area contributed by atoms with Crippen molar-refractivity contribution in [3.8, 4) is 0 Å². The summed E-state index contributed by atoms with van der Waals surface area (Å²) in [4.78, 5) is 27.1. The molecule has 0 spiro atoms. The van der Waals surface area contributed by atoms with E-state index in [0.29, 0.717) is 5.56 Å². The largest absolute Gasteiger partial charge is 0.348 e. The number of hydrogen-bond acceptors (Lipinski definition) is 4. The predicted molar refractivity (Wildman–Crippen MR) is 112 cm³/mol. The molecule has 8 heteroatoms. The van der Waals surface area contributed by atoms with Gasteiger partial charge in [0, 0.05) is 25.2 Å². The second-order valence-corrected chi connectivity index (χ2v) is 8.90. The number of rotatable bonds is 6. The average molecular weight is 416 g/mol. The summed E-state index contributed by atoms with van der Waals surface area (Å²) in [5.41, 5.74) is 1.87. The first-order valence-corrected chi connectivity index (χ1v) is 11.5. The third-order valence-electron chi connectivity index (χ3n) is 4.74. The second kappa shape index (κ2) is 9.09. The molecule has 0 saturated carbocycles. The first kappa shape index (κ1) is 20.9. The molecule has 0 atom stereocenters. The van der Waals surface area contributed by atoms with Crippen molar-refractivity contribution in [2.75, 3.05) is 24.1 Å². The van der Waals surface area contributed by atoms with Crippen LogP contribution in [0.5, 0.6) is 0 Å². The molecule has 2 aromatic carbocycles. The zero-order chi connectivity index (χ0) is 20.9. The lowest BCUT2D eigenvalue weighted by molar-refractivity contribution is 0.0724. The van der Waals surface area contributed by atoms with Crippen LogP contribution in [0, 0.1) is 0 Å². The number of nitrogens with one attached hydrogen (secondary N) is 2. The van der Waals surface area contributed by atoms with Gasteiger partial charge in [0.25, 0.3) is 11.8 Å². The van der Waals surface area contributed by atoms with E-state index in [4.69, 9.17) is 0 Å². The fraction of sp³-hybridized carbons (Fsp3) is 0.333. The Morgan fingerprint density at radius 2 is 1.72 bits per heavy atom. The maximum absolute atomic E-state index is 12.7. The molecular formula is C21H25N3O4S. The number of sulfonamides is 1. The minimum atomic E-state index is -3.50.